The number of fused-ring (bicyclic) bond motifs is 1. The highest BCUT2D eigenvalue weighted by Crippen LogP contribution is 2.36. The highest BCUT2D eigenvalue weighted by atomic mass is 32.2. The predicted octanol–water partition coefficient (Wildman–Crippen LogP) is 1.97. The van der Waals surface area contributed by atoms with Crippen LogP contribution in [0.15, 0.2) is 23.1 Å². The number of nitrogens with one attached hydrogen (secondary N) is 1. The second-order valence-corrected chi connectivity index (χ2v) is 8.29. The van der Waals surface area contributed by atoms with Crippen LogP contribution in [0.2, 0.25) is 0 Å². The third-order valence-electron chi connectivity index (χ3n) is 5.11. The van der Waals surface area contributed by atoms with Crippen LogP contribution in [-0.4, -0.2) is 21.5 Å². The number of aryl methyl sites for hydroxylation is 2. The summed E-state index contributed by atoms with van der Waals surface area (Å²) in [5.41, 5.74) is 8.32. The molecular weight excluding hydrogens is 284 g/mol. The lowest BCUT2D eigenvalue weighted by atomic mass is 9.87. The lowest BCUT2D eigenvalue weighted by Gasteiger charge is -2.27. The third-order valence-corrected chi connectivity index (χ3v) is 6.51. The van der Waals surface area contributed by atoms with Crippen LogP contribution in [0.4, 0.5) is 0 Å². The molecule has 0 atom stereocenters. The molecule has 0 saturated heterocycles. The number of rotatable bonds is 5. The molecule has 0 bridgehead atoms. The number of benzene rings is 1. The lowest BCUT2D eigenvalue weighted by Crippen LogP contribution is -2.40. The van der Waals surface area contributed by atoms with E-state index in [4.69, 9.17) is 5.73 Å². The Hall–Kier alpha value is -0.910. The van der Waals surface area contributed by atoms with Gasteiger partial charge in [0.25, 0.3) is 0 Å². The van der Waals surface area contributed by atoms with Gasteiger partial charge in [0.15, 0.2) is 0 Å². The molecule has 116 valence electrons. The van der Waals surface area contributed by atoms with Crippen LogP contribution >= 0.6 is 0 Å². The topological polar surface area (TPSA) is 72.2 Å². The Bertz CT molecular complexity index is 619. The average molecular weight is 308 g/mol. The van der Waals surface area contributed by atoms with Gasteiger partial charge < -0.3 is 5.73 Å². The number of nitrogens with two attached hydrogens (primary N) is 1. The molecule has 2 aliphatic rings. The van der Waals surface area contributed by atoms with Gasteiger partial charge in [-0.15, -0.1) is 0 Å². The standard InChI is InChI=1S/C16H24N2O2S/c17-11-16(8-1-2-9-16)12-18-21(19,20)15-7-6-13-4-3-5-14(13)10-15/h6-7,10,18H,1-5,8-9,11-12,17H2. The van der Waals surface area contributed by atoms with Crippen molar-refractivity contribution in [2.24, 2.45) is 11.1 Å². The molecule has 2 aliphatic carbocycles. The molecule has 0 spiro atoms. The fourth-order valence-corrected chi connectivity index (χ4v) is 4.83. The number of hydrogen-bond acceptors (Lipinski definition) is 3. The first-order chi connectivity index (χ1) is 10.0. The predicted molar refractivity (Wildman–Crippen MR) is 83.6 cm³/mol. The lowest BCUT2D eigenvalue weighted by molar-refractivity contribution is 0.309. The van der Waals surface area contributed by atoms with E-state index in [1.165, 1.54) is 11.1 Å². The zero-order valence-electron chi connectivity index (χ0n) is 12.4. The highest BCUT2D eigenvalue weighted by molar-refractivity contribution is 7.89. The van der Waals surface area contributed by atoms with E-state index >= 15 is 0 Å². The molecule has 0 heterocycles. The molecule has 5 heteroatoms. The largest absolute Gasteiger partial charge is 0.330 e. The van der Waals surface area contributed by atoms with Crippen molar-refractivity contribution in [1.29, 1.82) is 0 Å². The van der Waals surface area contributed by atoms with Gasteiger partial charge in [-0.1, -0.05) is 18.9 Å². The van der Waals surface area contributed by atoms with Crippen molar-refractivity contribution in [2.75, 3.05) is 13.1 Å². The van der Waals surface area contributed by atoms with Crippen molar-refractivity contribution in [2.45, 2.75) is 49.8 Å². The maximum atomic E-state index is 12.5. The van der Waals surface area contributed by atoms with E-state index < -0.39 is 10.0 Å². The van der Waals surface area contributed by atoms with Crippen molar-refractivity contribution in [3.8, 4) is 0 Å². The Balaban J connectivity index is 1.75. The summed E-state index contributed by atoms with van der Waals surface area (Å²) in [6.07, 6.45) is 7.54. The van der Waals surface area contributed by atoms with Crippen molar-refractivity contribution in [3.63, 3.8) is 0 Å². The third kappa shape index (κ3) is 3.00. The summed E-state index contributed by atoms with van der Waals surface area (Å²) in [5, 5.41) is 0. The van der Waals surface area contributed by atoms with E-state index in [-0.39, 0.29) is 5.41 Å². The normalized spacial score (nSPS) is 20.6. The van der Waals surface area contributed by atoms with Crippen LogP contribution < -0.4 is 10.5 Å². The summed E-state index contributed by atoms with van der Waals surface area (Å²) in [6.45, 7) is 1.02. The molecule has 1 saturated carbocycles. The number of sulfonamides is 1. The Kier molecular flexibility index (Phi) is 4.08. The fraction of sp³-hybridized carbons (Fsp3) is 0.625. The molecule has 3 N–H and O–H groups in total. The number of hydrogen-bond donors (Lipinski definition) is 2. The zero-order chi connectivity index (χ0) is 14.9. The molecule has 3 rings (SSSR count). The molecule has 0 unspecified atom stereocenters. The van der Waals surface area contributed by atoms with Gasteiger partial charge in [-0.2, -0.15) is 0 Å². The Labute approximate surface area is 127 Å². The van der Waals surface area contributed by atoms with Gasteiger partial charge in [-0.25, -0.2) is 13.1 Å². The minimum absolute atomic E-state index is 0.0379. The SMILES string of the molecule is NCC1(CNS(=O)(=O)c2ccc3c(c2)CCC3)CCCC1. The fourth-order valence-electron chi connectivity index (χ4n) is 3.62. The first kappa shape index (κ1) is 15.0. The van der Waals surface area contributed by atoms with Gasteiger partial charge in [-0.05, 0) is 67.3 Å². The summed E-state index contributed by atoms with van der Waals surface area (Å²) in [7, 11) is -3.42. The molecule has 21 heavy (non-hydrogen) atoms. The van der Waals surface area contributed by atoms with Gasteiger partial charge in [0.1, 0.15) is 0 Å². The minimum atomic E-state index is -3.42. The van der Waals surface area contributed by atoms with Crippen LogP contribution in [0.3, 0.4) is 0 Å². The summed E-state index contributed by atoms with van der Waals surface area (Å²) in [6, 6.07) is 5.54. The summed E-state index contributed by atoms with van der Waals surface area (Å²) in [5.74, 6) is 0. The van der Waals surface area contributed by atoms with E-state index in [1.807, 2.05) is 12.1 Å². The Morgan fingerprint density at radius 1 is 1.10 bits per heavy atom. The average Bonchev–Trinajstić information content (AvgIpc) is 3.14. The van der Waals surface area contributed by atoms with Crippen molar-refractivity contribution < 1.29 is 8.42 Å². The van der Waals surface area contributed by atoms with Crippen molar-refractivity contribution >= 4 is 10.0 Å². The van der Waals surface area contributed by atoms with Crippen LogP contribution in [0.1, 0.15) is 43.2 Å². The molecule has 1 fully saturated rings. The molecule has 1 aromatic rings. The highest BCUT2D eigenvalue weighted by Gasteiger charge is 2.33. The molecule has 1 aromatic carbocycles. The first-order valence-corrected chi connectivity index (χ1v) is 9.35. The van der Waals surface area contributed by atoms with Crippen LogP contribution in [0.5, 0.6) is 0 Å². The van der Waals surface area contributed by atoms with Gasteiger partial charge in [0.05, 0.1) is 4.90 Å². The monoisotopic (exact) mass is 308 g/mol. The molecule has 0 radical (unpaired) electrons. The van der Waals surface area contributed by atoms with E-state index in [9.17, 15) is 8.42 Å². The van der Waals surface area contributed by atoms with Gasteiger partial charge in [0.2, 0.25) is 10.0 Å². The molecular formula is C16H24N2O2S. The summed E-state index contributed by atoms with van der Waals surface area (Å²) in [4.78, 5) is 0.397. The van der Waals surface area contributed by atoms with Gasteiger partial charge in [-0.3, -0.25) is 0 Å². The summed E-state index contributed by atoms with van der Waals surface area (Å²) < 4.78 is 27.8. The molecule has 0 aromatic heterocycles. The molecule has 0 amide bonds. The maximum absolute atomic E-state index is 12.5. The van der Waals surface area contributed by atoms with Crippen LogP contribution in [0, 0.1) is 5.41 Å². The van der Waals surface area contributed by atoms with Crippen molar-refractivity contribution in [3.05, 3.63) is 29.3 Å². The minimum Gasteiger partial charge on any atom is -0.330 e. The second kappa shape index (κ2) is 5.71. The molecule has 4 nitrogen and oxygen atoms in total. The van der Waals surface area contributed by atoms with E-state index in [0.29, 0.717) is 18.0 Å². The second-order valence-electron chi connectivity index (χ2n) is 6.52. The van der Waals surface area contributed by atoms with Crippen molar-refractivity contribution in [1.82, 2.24) is 4.72 Å². The Morgan fingerprint density at radius 3 is 2.52 bits per heavy atom. The van der Waals surface area contributed by atoms with Crippen LogP contribution in [0.25, 0.3) is 0 Å². The molecule has 0 aliphatic heterocycles. The van der Waals surface area contributed by atoms with E-state index in [1.54, 1.807) is 6.07 Å². The van der Waals surface area contributed by atoms with Gasteiger partial charge >= 0.3 is 0 Å². The zero-order valence-corrected chi connectivity index (χ0v) is 13.2. The smallest absolute Gasteiger partial charge is 0.240 e. The Morgan fingerprint density at radius 2 is 1.81 bits per heavy atom. The first-order valence-electron chi connectivity index (χ1n) is 7.86. The van der Waals surface area contributed by atoms with E-state index in [0.717, 1.165) is 44.9 Å². The van der Waals surface area contributed by atoms with Crippen LogP contribution in [-0.2, 0) is 22.9 Å². The van der Waals surface area contributed by atoms with E-state index in [2.05, 4.69) is 4.72 Å². The summed E-state index contributed by atoms with van der Waals surface area (Å²) >= 11 is 0. The van der Waals surface area contributed by atoms with Gasteiger partial charge in [0, 0.05) is 6.54 Å². The maximum Gasteiger partial charge on any atom is 0.240 e. The quantitative estimate of drug-likeness (QED) is 0.873.